The van der Waals surface area contributed by atoms with Gasteiger partial charge >= 0.3 is 6.18 Å². The zero-order valence-electron chi connectivity index (χ0n) is 12.6. The molecule has 0 amide bonds. The first-order chi connectivity index (χ1) is 11.0. The zero-order chi connectivity index (χ0) is 16.4. The Balaban J connectivity index is 1.71. The van der Waals surface area contributed by atoms with Crippen LogP contribution >= 0.6 is 0 Å². The molecule has 1 aromatic rings. The van der Waals surface area contributed by atoms with E-state index in [9.17, 15) is 18.4 Å². The quantitative estimate of drug-likeness (QED) is 0.837. The lowest BCUT2D eigenvalue weighted by Crippen LogP contribution is -2.50. The normalized spacial score (nSPS) is 23.0. The topological polar surface area (TPSA) is 39.5 Å². The Bertz CT molecular complexity index is 598. The summed E-state index contributed by atoms with van der Waals surface area (Å²) in [5.74, 6) is 0. The molecule has 3 rings (SSSR count). The Labute approximate surface area is 133 Å². The van der Waals surface area contributed by atoms with Crippen LogP contribution in [0.2, 0.25) is 0 Å². The highest BCUT2D eigenvalue weighted by atomic mass is 19.4. The van der Waals surface area contributed by atoms with Gasteiger partial charge in [0.05, 0.1) is 23.4 Å². The van der Waals surface area contributed by atoms with Gasteiger partial charge in [0.1, 0.15) is 6.07 Å². The van der Waals surface area contributed by atoms with E-state index >= 15 is 0 Å². The van der Waals surface area contributed by atoms with Crippen LogP contribution in [0.4, 0.5) is 18.9 Å². The highest BCUT2D eigenvalue weighted by Gasteiger charge is 2.32. The van der Waals surface area contributed by atoms with Gasteiger partial charge in [0.2, 0.25) is 0 Å². The summed E-state index contributed by atoms with van der Waals surface area (Å²) in [5.41, 5.74) is -0.111. The van der Waals surface area contributed by atoms with E-state index in [4.69, 9.17) is 4.74 Å². The first kappa shape index (κ1) is 16.1. The highest BCUT2D eigenvalue weighted by molar-refractivity contribution is 5.61. The molecule has 2 saturated heterocycles. The predicted molar refractivity (Wildman–Crippen MR) is 79.2 cm³/mol. The fraction of sp³-hybridized carbons (Fsp3) is 0.562. The maximum absolute atomic E-state index is 12.8. The van der Waals surface area contributed by atoms with E-state index in [-0.39, 0.29) is 5.56 Å². The lowest BCUT2D eigenvalue weighted by molar-refractivity contribution is -0.137. The standard InChI is InChI=1S/C16H18F3N3O/c17-16(18,19)13-1-2-15(12(9-13)10-20)22-6-4-21(5-7-22)14-3-8-23-11-14/h1-2,9,14H,3-8,11H2/t14-/m0/s1. The number of piperazine rings is 1. The lowest BCUT2D eigenvalue weighted by atomic mass is 10.1. The second kappa shape index (κ2) is 6.38. The van der Waals surface area contributed by atoms with Gasteiger partial charge in [0.25, 0.3) is 0 Å². The maximum atomic E-state index is 12.8. The van der Waals surface area contributed by atoms with Gasteiger partial charge in [-0.05, 0) is 24.6 Å². The average molecular weight is 325 g/mol. The second-order valence-electron chi connectivity index (χ2n) is 5.88. The van der Waals surface area contributed by atoms with Crippen LogP contribution in [0.3, 0.4) is 0 Å². The maximum Gasteiger partial charge on any atom is 0.416 e. The van der Waals surface area contributed by atoms with Crippen molar-refractivity contribution in [2.75, 3.05) is 44.3 Å². The number of halogens is 3. The van der Waals surface area contributed by atoms with E-state index in [1.165, 1.54) is 6.07 Å². The van der Waals surface area contributed by atoms with Crippen molar-refractivity contribution >= 4 is 5.69 Å². The number of nitriles is 1. The smallest absolute Gasteiger partial charge is 0.380 e. The van der Waals surface area contributed by atoms with Crippen LogP contribution in [0, 0.1) is 11.3 Å². The van der Waals surface area contributed by atoms with Gasteiger partial charge in [0.15, 0.2) is 0 Å². The largest absolute Gasteiger partial charge is 0.416 e. The molecule has 0 spiro atoms. The molecule has 0 unspecified atom stereocenters. The van der Waals surface area contributed by atoms with Crippen LogP contribution in [-0.4, -0.2) is 50.3 Å². The van der Waals surface area contributed by atoms with E-state index in [2.05, 4.69) is 4.90 Å². The van der Waals surface area contributed by atoms with Crippen molar-refractivity contribution in [3.63, 3.8) is 0 Å². The van der Waals surface area contributed by atoms with Gasteiger partial charge < -0.3 is 9.64 Å². The van der Waals surface area contributed by atoms with Crippen LogP contribution in [-0.2, 0) is 10.9 Å². The third-order valence-corrected chi connectivity index (χ3v) is 4.52. The molecule has 0 saturated carbocycles. The summed E-state index contributed by atoms with van der Waals surface area (Å²) in [7, 11) is 0. The number of hydrogen-bond acceptors (Lipinski definition) is 4. The van der Waals surface area contributed by atoms with Crippen molar-refractivity contribution in [1.82, 2.24) is 4.90 Å². The molecule has 2 aliphatic heterocycles. The van der Waals surface area contributed by atoms with E-state index in [0.29, 0.717) is 24.8 Å². The first-order valence-corrected chi connectivity index (χ1v) is 7.67. The van der Waals surface area contributed by atoms with Crippen molar-refractivity contribution in [3.05, 3.63) is 29.3 Å². The molecule has 4 nitrogen and oxygen atoms in total. The van der Waals surface area contributed by atoms with Gasteiger partial charge in [-0.25, -0.2) is 0 Å². The van der Waals surface area contributed by atoms with Crippen LogP contribution in [0.1, 0.15) is 17.5 Å². The highest BCUT2D eigenvalue weighted by Crippen LogP contribution is 2.33. The molecule has 7 heteroatoms. The van der Waals surface area contributed by atoms with Crippen molar-refractivity contribution < 1.29 is 17.9 Å². The summed E-state index contributed by atoms with van der Waals surface area (Å²) < 4.78 is 43.7. The average Bonchev–Trinajstić information content (AvgIpc) is 3.08. The van der Waals surface area contributed by atoms with E-state index in [0.717, 1.165) is 44.9 Å². The minimum atomic E-state index is -4.43. The van der Waals surface area contributed by atoms with Crippen LogP contribution in [0.15, 0.2) is 18.2 Å². The molecule has 0 radical (unpaired) electrons. The number of alkyl halides is 3. The number of anilines is 1. The van der Waals surface area contributed by atoms with Crippen molar-refractivity contribution in [1.29, 1.82) is 5.26 Å². The fourth-order valence-electron chi connectivity index (χ4n) is 3.22. The van der Waals surface area contributed by atoms with Gasteiger partial charge in [-0.2, -0.15) is 18.4 Å². The molecular formula is C16H18F3N3O. The molecular weight excluding hydrogens is 307 g/mol. The van der Waals surface area contributed by atoms with E-state index < -0.39 is 11.7 Å². The molecule has 2 aliphatic rings. The Hall–Kier alpha value is -1.78. The third kappa shape index (κ3) is 3.43. The van der Waals surface area contributed by atoms with Crippen molar-refractivity contribution in [2.45, 2.75) is 18.6 Å². The Kier molecular flexibility index (Phi) is 4.46. The Morgan fingerprint density at radius 3 is 2.48 bits per heavy atom. The third-order valence-electron chi connectivity index (χ3n) is 4.52. The number of hydrogen-bond donors (Lipinski definition) is 0. The fourth-order valence-corrected chi connectivity index (χ4v) is 3.22. The van der Waals surface area contributed by atoms with Gasteiger partial charge in [-0.15, -0.1) is 0 Å². The molecule has 1 aromatic carbocycles. The minimum Gasteiger partial charge on any atom is -0.380 e. The van der Waals surface area contributed by atoms with Gasteiger partial charge in [0, 0.05) is 38.8 Å². The minimum absolute atomic E-state index is 0.0810. The van der Waals surface area contributed by atoms with E-state index in [1.807, 2.05) is 11.0 Å². The number of ether oxygens (including phenoxy) is 1. The van der Waals surface area contributed by atoms with Crippen molar-refractivity contribution in [2.24, 2.45) is 0 Å². The summed E-state index contributed by atoms with van der Waals surface area (Å²) in [4.78, 5) is 4.35. The zero-order valence-corrected chi connectivity index (χ0v) is 12.6. The van der Waals surface area contributed by atoms with Crippen LogP contribution in [0.5, 0.6) is 0 Å². The summed E-state index contributed by atoms with van der Waals surface area (Å²) in [5, 5.41) is 9.19. The number of benzene rings is 1. The summed E-state index contributed by atoms with van der Waals surface area (Å²) in [6.07, 6.45) is -3.39. The molecule has 2 heterocycles. The van der Waals surface area contributed by atoms with E-state index in [1.54, 1.807) is 0 Å². The summed E-state index contributed by atoms with van der Waals surface area (Å²) in [6.45, 7) is 4.62. The molecule has 0 N–H and O–H groups in total. The summed E-state index contributed by atoms with van der Waals surface area (Å²) >= 11 is 0. The van der Waals surface area contributed by atoms with Crippen molar-refractivity contribution in [3.8, 4) is 6.07 Å². The SMILES string of the molecule is N#Cc1cc(C(F)(F)F)ccc1N1CCN([C@H]2CCOC2)CC1. The molecule has 0 bridgehead atoms. The molecule has 0 aromatic heterocycles. The molecule has 23 heavy (non-hydrogen) atoms. The first-order valence-electron chi connectivity index (χ1n) is 7.67. The molecule has 0 aliphatic carbocycles. The predicted octanol–water partition coefficient (Wildman–Crippen LogP) is 2.49. The van der Waals surface area contributed by atoms with Crippen LogP contribution in [0.25, 0.3) is 0 Å². The van der Waals surface area contributed by atoms with Crippen LogP contribution < -0.4 is 4.90 Å². The second-order valence-corrected chi connectivity index (χ2v) is 5.88. The molecule has 1 atom stereocenters. The number of rotatable bonds is 2. The Morgan fingerprint density at radius 2 is 1.91 bits per heavy atom. The molecule has 2 fully saturated rings. The lowest BCUT2D eigenvalue weighted by Gasteiger charge is -2.39. The van der Waals surface area contributed by atoms with Gasteiger partial charge in [-0.3, -0.25) is 4.90 Å². The Morgan fingerprint density at radius 1 is 1.17 bits per heavy atom. The number of nitrogens with zero attached hydrogens (tertiary/aromatic N) is 3. The molecule has 124 valence electrons. The van der Waals surface area contributed by atoms with Gasteiger partial charge in [-0.1, -0.05) is 0 Å². The summed E-state index contributed by atoms with van der Waals surface area (Å²) in [6, 6.07) is 5.74. The monoisotopic (exact) mass is 325 g/mol.